The molecule has 52 heteroatoms. The zero-order valence-corrected chi connectivity index (χ0v) is 56.8. The van der Waals surface area contributed by atoms with Gasteiger partial charge in [0.25, 0.3) is 22.2 Å². The number of nitrogens with zero attached hydrogens (tertiary/aromatic N) is 8. The Balaban J connectivity index is 0.790. The van der Waals surface area contributed by atoms with E-state index in [0.717, 1.165) is 47.8 Å². The highest BCUT2D eigenvalue weighted by Gasteiger charge is 2.50. The molecule has 0 aliphatic carbocycles. The number of phosphoric acid groups is 4. The molecule has 11 heterocycles. The van der Waals surface area contributed by atoms with Crippen molar-refractivity contribution in [2.75, 3.05) is 44.5 Å². The van der Waals surface area contributed by atoms with Gasteiger partial charge in [0.15, 0.2) is 11.2 Å². The number of H-pyrrole nitrogens is 4. The maximum absolute atomic E-state index is 14.2. The Morgan fingerprint density at radius 2 is 0.871 bits per heavy atom. The monoisotopic (exact) mass is 1530 g/mol. The number of anilines is 2. The molecule has 5 saturated heterocycles. The van der Waals surface area contributed by atoms with E-state index >= 15 is 0 Å². The normalized spacial score (nSPS) is 29.4. The molecule has 101 heavy (non-hydrogen) atoms. The van der Waals surface area contributed by atoms with Crippen molar-refractivity contribution in [2.45, 2.75) is 145 Å². The van der Waals surface area contributed by atoms with Crippen LogP contribution in [-0.2, 0) is 87.2 Å². The van der Waals surface area contributed by atoms with Gasteiger partial charge in [-0.1, -0.05) is 0 Å². The highest BCUT2D eigenvalue weighted by Crippen LogP contribution is 2.55. The molecule has 0 bridgehead atoms. The van der Waals surface area contributed by atoms with E-state index in [1.807, 2.05) is 0 Å². The van der Waals surface area contributed by atoms with Gasteiger partial charge in [-0.05, 0) is 26.8 Å². The Labute approximate surface area is 562 Å². The lowest BCUT2D eigenvalue weighted by Gasteiger charge is -2.25. The van der Waals surface area contributed by atoms with Gasteiger partial charge in [-0.15, -0.1) is 9.42 Å². The van der Waals surface area contributed by atoms with Crippen molar-refractivity contribution in [3.05, 3.63) is 137 Å². The van der Waals surface area contributed by atoms with Crippen molar-refractivity contribution in [2.24, 2.45) is 0 Å². The molecule has 47 nitrogen and oxygen atoms in total. The van der Waals surface area contributed by atoms with Gasteiger partial charge in [-0.3, -0.25) is 98.1 Å². The summed E-state index contributed by atoms with van der Waals surface area (Å²) in [6, 6.07) is 1.20. The number of rotatable bonds is 28. The smallest absolute Gasteiger partial charge is 0.390 e. The van der Waals surface area contributed by atoms with Crippen LogP contribution >= 0.6 is 39.5 Å². The van der Waals surface area contributed by atoms with Gasteiger partial charge in [0, 0.05) is 78.1 Å². The molecule has 5 fully saturated rings. The second kappa shape index (κ2) is 30.0. The molecule has 20 atom stereocenters. The minimum atomic E-state index is -5.59. The van der Waals surface area contributed by atoms with E-state index in [0.29, 0.717) is 0 Å². The number of aliphatic hydroxyl groups is 1. The Bertz CT molecular complexity index is 4840. The van der Waals surface area contributed by atoms with Crippen LogP contribution in [0.2, 0.25) is 0 Å². The molecule has 552 valence electrons. The van der Waals surface area contributed by atoms with Crippen molar-refractivity contribution in [3.63, 3.8) is 0 Å². The van der Waals surface area contributed by atoms with Gasteiger partial charge >= 0.3 is 62.3 Å². The summed E-state index contributed by atoms with van der Waals surface area (Å²) in [5.41, 5.74) is 4.29. The maximum atomic E-state index is 14.2. The average Bonchev–Trinajstić information content (AvgIpc) is 1.64. The molecule has 0 aromatic carbocycles. The highest BCUT2D eigenvalue weighted by molar-refractivity contribution is 7.48. The van der Waals surface area contributed by atoms with Gasteiger partial charge in [0.05, 0.1) is 38.9 Å². The van der Waals surface area contributed by atoms with E-state index in [1.54, 1.807) is 0 Å². The first-order valence-corrected chi connectivity index (χ1v) is 37.0. The van der Waals surface area contributed by atoms with Crippen molar-refractivity contribution in [3.8, 4) is 0 Å². The van der Waals surface area contributed by atoms with Crippen LogP contribution in [0.5, 0.6) is 0 Å². The Hall–Kier alpha value is -6.91. The first kappa shape index (κ1) is 75.3. The predicted molar refractivity (Wildman–Crippen MR) is 331 cm³/mol. The number of nitrogen functional groups attached to an aromatic ring is 2. The molecular weight excluding hydrogens is 1470 g/mol. The summed E-state index contributed by atoms with van der Waals surface area (Å²) in [7, 11) is -25.2. The van der Waals surface area contributed by atoms with Gasteiger partial charge in [-0.2, -0.15) is 9.97 Å². The molecule has 0 radical (unpaired) electrons. The minimum Gasteiger partial charge on any atom is -0.390 e. The summed E-state index contributed by atoms with van der Waals surface area (Å²) >= 11 is 0. The van der Waals surface area contributed by atoms with Crippen LogP contribution in [0.3, 0.4) is 0 Å². The second-order valence-corrected chi connectivity index (χ2v) is 29.7. The fraction of sp³-hybridized carbons (Fsp3) is 0.571. The second-order valence-electron chi connectivity index (χ2n) is 23.3. The molecule has 0 spiro atoms. The first-order valence-electron chi connectivity index (χ1n) is 29.9. The molecule has 6 aromatic rings. The number of nitrogens with two attached hydrogens (primary N) is 2. The summed E-state index contributed by atoms with van der Waals surface area (Å²) in [5, 5.41) is 10.8. The number of imidazole rings is 1. The SMILES string of the molecule is Cc1cn([C@H]2C[C@H](OP(=O)(O)OC[C@H]3O[C@@H](n4cnc5c(=O)[nH]c(N)nc54)C[C@@H]3OP(=O)(O)OC[C@H]3O[C@@H](n4cc(C)c(=O)[nH]c4=O)C[C@@H]3OP(=O)(O)OC[C@H]3O[C@@H](n4ccc(N)nc4=O)C[C@@H]3OP(=O)(O)OC[C@H]3O[C@@H](n4cc(C)c(=O)[nH]c4=O)C[C@@H]3O)[C@@H](CO[P+](=O)O)O2)c(=O)[nH]c1=O. The average molecular weight is 1530 g/mol. The van der Waals surface area contributed by atoms with Crippen molar-refractivity contribution in [1.82, 2.24) is 57.7 Å². The summed E-state index contributed by atoms with van der Waals surface area (Å²) < 4.78 is 150. The van der Waals surface area contributed by atoms with E-state index in [2.05, 4.69) is 34.9 Å². The lowest BCUT2D eigenvalue weighted by molar-refractivity contribution is -0.0645. The topological polar surface area (TPSA) is 651 Å². The lowest BCUT2D eigenvalue weighted by atomic mass is 10.2. The van der Waals surface area contributed by atoms with E-state index < -0.39 is 235 Å². The molecule has 0 saturated carbocycles. The molecular formula is C49H64N14O33P5+. The fourth-order valence-electron chi connectivity index (χ4n) is 11.4. The largest absolute Gasteiger partial charge is 0.694 e. The van der Waals surface area contributed by atoms with Crippen molar-refractivity contribution in [1.29, 1.82) is 0 Å². The van der Waals surface area contributed by atoms with Crippen LogP contribution in [0.1, 0.15) is 79.9 Å². The number of fused-ring (bicyclic) bond motifs is 1. The predicted octanol–water partition coefficient (Wildman–Crippen LogP) is -2.41. The number of hydrogen-bond acceptors (Lipinski definition) is 33. The Morgan fingerprint density at radius 1 is 0.515 bits per heavy atom. The molecule has 5 aliphatic rings. The van der Waals surface area contributed by atoms with E-state index in [9.17, 15) is 90.8 Å². The van der Waals surface area contributed by atoms with Crippen LogP contribution in [-0.4, -0.2) is 181 Å². The number of hydrogen-bond donors (Lipinski definition) is 12. The fourth-order valence-corrected chi connectivity index (χ4v) is 15.5. The van der Waals surface area contributed by atoms with Gasteiger partial charge in [0.1, 0.15) is 98.5 Å². The number of aromatic amines is 4. The quantitative estimate of drug-likeness (QED) is 0.0228. The van der Waals surface area contributed by atoms with Crippen LogP contribution in [0.4, 0.5) is 11.8 Å². The van der Waals surface area contributed by atoms with E-state index in [1.165, 1.54) is 33.0 Å². The number of ether oxygens (including phenoxy) is 5. The number of aliphatic hydroxyl groups excluding tert-OH is 1. The molecule has 5 unspecified atom stereocenters. The van der Waals surface area contributed by atoms with E-state index in [4.69, 9.17) is 75.9 Å². The molecule has 0 amide bonds. The maximum Gasteiger partial charge on any atom is 0.694 e. The zero-order chi connectivity index (χ0) is 72.9. The number of phosphoric ester groups is 4. The van der Waals surface area contributed by atoms with Crippen LogP contribution in [0, 0.1) is 20.8 Å². The molecule has 5 aliphatic heterocycles. The van der Waals surface area contributed by atoms with Crippen LogP contribution in [0.25, 0.3) is 11.2 Å². The van der Waals surface area contributed by atoms with Crippen LogP contribution < -0.4 is 56.5 Å². The van der Waals surface area contributed by atoms with Crippen LogP contribution in [0.15, 0.2) is 75.5 Å². The van der Waals surface area contributed by atoms with Crippen molar-refractivity contribution >= 4 is 62.5 Å². The summed E-state index contributed by atoms with van der Waals surface area (Å²) in [6.45, 7) is -0.775. The summed E-state index contributed by atoms with van der Waals surface area (Å²) in [6.07, 6.45) is -19.7. The van der Waals surface area contributed by atoms with Gasteiger partial charge in [-0.25, -0.2) is 42.4 Å². The first-order chi connectivity index (χ1) is 47.5. The Morgan fingerprint density at radius 3 is 1.27 bits per heavy atom. The number of nitrogens with one attached hydrogen (secondary N) is 4. The standard InChI is InChI=1S/C49H63N14O33P5/c1-20-11-60(47(70)56-41(20)65)34-6-23(64)28(88-34)15-84-98(75,76)94-25-7-35(59-5-4-33(50)53-46(59)69)90-30(25)16-85-100(79,80)95-26-9-37(62-13-22(3)43(67)58-49(62)72)91-31(26)17-86-101(81,82)96-27-10-38(63-19-52-39-40(63)54-45(51)55-44(39)68)92-32(27)18-87-99(77,78)93-24-8-36(89-29(24)14-83-97(73)74)61-12-21(2)42(66)57-48(61)71/h4-5,11-13,19,23-32,34-38,64H,6-10,14-18H2,1-3H3,(H12-,50,51,53,54,55,56,57,58,65,66,67,68,69,70,71,72,73,74,75,76,77,78,79,80,81,82)/p+1/t23-,24-,25-,26-,27-,28+,29+,30+,31+,32+,34+,35+,36+,37+,38+/m0/s1. The third-order valence-corrected chi connectivity index (χ3v) is 20.7. The molecule has 11 rings (SSSR count). The van der Waals surface area contributed by atoms with Crippen molar-refractivity contribution < 1.29 is 117 Å². The number of aryl methyl sites for hydroxylation is 3. The summed E-state index contributed by atoms with van der Waals surface area (Å²) in [4.78, 5) is 175. The van der Waals surface area contributed by atoms with E-state index in [-0.39, 0.29) is 46.0 Å². The number of aromatic nitrogens is 12. The third-order valence-electron chi connectivity index (χ3n) is 16.2. The lowest BCUT2D eigenvalue weighted by Crippen LogP contribution is -2.33. The molecule has 6 aromatic heterocycles. The third kappa shape index (κ3) is 17.8. The summed E-state index contributed by atoms with van der Waals surface area (Å²) in [5.74, 6) is -0.586. The molecule has 14 N–H and O–H groups in total. The zero-order valence-electron chi connectivity index (χ0n) is 52.4. The van der Waals surface area contributed by atoms with Gasteiger partial charge in [0.2, 0.25) is 5.95 Å². The minimum absolute atomic E-state index is 0.0348. The van der Waals surface area contributed by atoms with Gasteiger partial charge < -0.3 is 59.8 Å². The highest BCUT2D eigenvalue weighted by atomic mass is 31.2. The Kier molecular flexibility index (Phi) is 22.4.